The highest BCUT2D eigenvalue weighted by Crippen LogP contribution is 2.29. The summed E-state index contributed by atoms with van der Waals surface area (Å²) in [7, 11) is 0. The first-order valence-corrected chi connectivity index (χ1v) is 12.5. The first kappa shape index (κ1) is 22.6. The quantitative estimate of drug-likeness (QED) is 0.440. The summed E-state index contributed by atoms with van der Waals surface area (Å²) in [5.74, 6) is 0.533. The molecule has 1 aromatic heterocycles. The molecule has 0 bridgehead atoms. The minimum atomic E-state index is -0.0913. The molecular weight excluding hydrogens is 436 g/mol. The van der Waals surface area contributed by atoms with Gasteiger partial charge < -0.3 is 10.6 Å². The summed E-state index contributed by atoms with van der Waals surface area (Å²) < 4.78 is 1.45. The molecule has 3 aromatic rings. The molecule has 0 aliphatic rings. The minimum absolute atomic E-state index is 0.00643. The van der Waals surface area contributed by atoms with Crippen LogP contribution in [0.4, 0.5) is 0 Å². The van der Waals surface area contributed by atoms with E-state index in [2.05, 4.69) is 39.0 Å². The van der Waals surface area contributed by atoms with Gasteiger partial charge in [0.25, 0.3) is 0 Å². The van der Waals surface area contributed by atoms with Crippen molar-refractivity contribution in [3.8, 4) is 0 Å². The molecule has 1 unspecified atom stereocenters. The van der Waals surface area contributed by atoms with Crippen molar-refractivity contribution in [3.05, 3.63) is 48.0 Å². The topological polar surface area (TPSA) is 84.0 Å². The van der Waals surface area contributed by atoms with Crippen molar-refractivity contribution in [1.29, 1.82) is 0 Å². The summed E-state index contributed by atoms with van der Waals surface area (Å²) in [5, 5.41) is 16.4. The van der Waals surface area contributed by atoms with Gasteiger partial charge in [-0.15, -0.1) is 10.2 Å². The Morgan fingerprint density at radius 2 is 1.67 bits per heavy atom. The molecule has 9 heteroatoms. The molecule has 0 saturated carbocycles. The molecule has 0 radical (unpaired) electrons. The van der Waals surface area contributed by atoms with Crippen molar-refractivity contribution in [2.24, 2.45) is 0 Å². The first-order chi connectivity index (χ1) is 14.6. The van der Waals surface area contributed by atoms with Crippen LogP contribution < -0.4 is 10.6 Å². The van der Waals surface area contributed by atoms with Gasteiger partial charge in [-0.3, -0.25) is 9.59 Å². The van der Waals surface area contributed by atoms with E-state index in [1.165, 1.54) is 34.9 Å². The standard InChI is InChI=1S/C21H24N4O2S3/c1-3-11-22-18(26)12-28-20-24-25-21(30-20)29-13-19(27)23-14(2)16-10-6-8-15-7-4-5-9-17(15)16/h4-10,14H,3,11-13H2,1-2H3,(H,22,26)(H,23,27). The highest BCUT2D eigenvalue weighted by atomic mass is 32.2. The third-order valence-corrected chi connectivity index (χ3v) is 7.47. The molecule has 2 aromatic carbocycles. The fraction of sp³-hybridized carbons (Fsp3) is 0.333. The van der Waals surface area contributed by atoms with Crippen LogP contribution in [0.3, 0.4) is 0 Å². The summed E-state index contributed by atoms with van der Waals surface area (Å²) in [5.41, 5.74) is 1.10. The van der Waals surface area contributed by atoms with E-state index in [0.29, 0.717) is 12.3 Å². The fourth-order valence-electron chi connectivity index (χ4n) is 2.87. The highest BCUT2D eigenvalue weighted by molar-refractivity contribution is 8.03. The number of nitrogens with zero attached hydrogens (tertiary/aromatic N) is 2. The predicted octanol–water partition coefficient (Wildman–Crippen LogP) is 4.28. The lowest BCUT2D eigenvalue weighted by Gasteiger charge is -2.16. The lowest BCUT2D eigenvalue weighted by molar-refractivity contribution is -0.119. The number of benzene rings is 2. The van der Waals surface area contributed by atoms with E-state index in [-0.39, 0.29) is 23.6 Å². The summed E-state index contributed by atoms with van der Waals surface area (Å²) in [4.78, 5) is 24.1. The van der Waals surface area contributed by atoms with E-state index in [4.69, 9.17) is 0 Å². The average Bonchev–Trinajstić information content (AvgIpc) is 3.22. The Labute approximate surface area is 188 Å². The van der Waals surface area contributed by atoms with Gasteiger partial charge in [-0.25, -0.2) is 0 Å². The molecule has 2 amide bonds. The van der Waals surface area contributed by atoms with Crippen LogP contribution >= 0.6 is 34.9 Å². The Hall–Kier alpha value is -2.10. The van der Waals surface area contributed by atoms with Gasteiger partial charge in [0, 0.05) is 6.54 Å². The number of aromatic nitrogens is 2. The van der Waals surface area contributed by atoms with E-state index in [0.717, 1.165) is 31.4 Å². The SMILES string of the molecule is CCCNC(=O)CSc1nnc(SCC(=O)NC(C)c2cccc3ccccc23)s1. The van der Waals surface area contributed by atoms with Crippen molar-refractivity contribution in [2.45, 2.75) is 35.0 Å². The van der Waals surface area contributed by atoms with Crippen LogP contribution in [0.15, 0.2) is 51.1 Å². The molecule has 1 atom stereocenters. The largest absolute Gasteiger partial charge is 0.355 e. The maximum Gasteiger partial charge on any atom is 0.230 e. The summed E-state index contributed by atoms with van der Waals surface area (Å²) in [6.45, 7) is 4.69. The van der Waals surface area contributed by atoms with Gasteiger partial charge in [-0.1, -0.05) is 84.2 Å². The second-order valence-corrected chi connectivity index (χ2v) is 10.0. The smallest absolute Gasteiger partial charge is 0.230 e. The molecule has 0 aliphatic carbocycles. The Bertz CT molecular complexity index is 1000. The molecule has 6 nitrogen and oxygen atoms in total. The Morgan fingerprint density at radius 3 is 2.40 bits per heavy atom. The molecular formula is C21H24N4O2S3. The molecule has 0 aliphatic heterocycles. The molecule has 0 saturated heterocycles. The van der Waals surface area contributed by atoms with Gasteiger partial charge >= 0.3 is 0 Å². The van der Waals surface area contributed by atoms with Gasteiger partial charge in [-0.05, 0) is 29.7 Å². The summed E-state index contributed by atoms with van der Waals surface area (Å²) in [6.07, 6.45) is 0.914. The number of carbonyl (C=O) groups excluding carboxylic acids is 2. The lowest BCUT2D eigenvalue weighted by Crippen LogP contribution is -2.28. The summed E-state index contributed by atoms with van der Waals surface area (Å²) in [6, 6.07) is 14.2. The maximum atomic E-state index is 12.4. The van der Waals surface area contributed by atoms with E-state index in [9.17, 15) is 9.59 Å². The third kappa shape index (κ3) is 6.45. The number of hydrogen-bond donors (Lipinski definition) is 2. The van der Waals surface area contributed by atoms with Gasteiger partial charge in [0.2, 0.25) is 11.8 Å². The van der Waals surface area contributed by atoms with Crippen molar-refractivity contribution >= 4 is 57.4 Å². The minimum Gasteiger partial charge on any atom is -0.355 e. The highest BCUT2D eigenvalue weighted by Gasteiger charge is 2.14. The molecule has 0 spiro atoms. The monoisotopic (exact) mass is 460 g/mol. The number of amides is 2. The van der Waals surface area contributed by atoms with Gasteiger partial charge in [0.15, 0.2) is 8.68 Å². The predicted molar refractivity (Wildman–Crippen MR) is 125 cm³/mol. The molecule has 2 N–H and O–H groups in total. The Balaban J connectivity index is 1.48. The average molecular weight is 461 g/mol. The van der Waals surface area contributed by atoms with Crippen LogP contribution in [0.25, 0.3) is 10.8 Å². The number of carbonyl (C=O) groups is 2. The number of hydrogen-bond acceptors (Lipinski definition) is 7. The molecule has 158 valence electrons. The van der Waals surface area contributed by atoms with Crippen LogP contribution in [0.5, 0.6) is 0 Å². The third-order valence-electron chi connectivity index (χ3n) is 4.28. The zero-order valence-electron chi connectivity index (χ0n) is 16.9. The number of nitrogens with one attached hydrogen (secondary N) is 2. The summed E-state index contributed by atoms with van der Waals surface area (Å²) >= 11 is 4.12. The fourth-order valence-corrected chi connectivity index (χ4v) is 5.53. The van der Waals surface area contributed by atoms with E-state index in [1.54, 1.807) is 0 Å². The van der Waals surface area contributed by atoms with Gasteiger partial charge in [-0.2, -0.15) is 0 Å². The normalized spacial score (nSPS) is 11.9. The number of fused-ring (bicyclic) bond motifs is 1. The molecule has 30 heavy (non-hydrogen) atoms. The molecule has 3 rings (SSSR count). The van der Waals surface area contributed by atoms with Crippen LogP contribution in [-0.2, 0) is 9.59 Å². The zero-order chi connectivity index (χ0) is 21.3. The second kappa shape index (κ2) is 11.3. The van der Waals surface area contributed by atoms with Crippen molar-refractivity contribution in [1.82, 2.24) is 20.8 Å². The molecule has 0 fully saturated rings. The molecule has 1 heterocycles. The second-order valence-electron chi connectivity index (χ2n) is 6.62. The van der Waals surface area contributed by atoms with Gasteiger partial charge in [0.1, 0.15) is 0 Å². The van der Waals surface area contributed by atoms with Gasteiger partial charge in [0.05, 0.1) is 17.5 Å². The van der Waals surface area contributed by atoms with Crippen LogP contribution in [0.1, 0.15) is 31.9 Å². The number of thioether (sulfide) groups is 2. The van der Waals surface area contributed by atoms with E-state index < -0.39 is 0 Å². The van der Waals surface area contributed by atoms with Crippen molar-refractivity contribution in [2.75, 3.05) is 18.1 Å². The Morgan fingerprint density at radius 1 is 1.00 bits per heavy atom. The van der Waals surface area contributed by atoms with Crippen molar-refractivity contribution in [3.63, 3.8) is 0 Å². The Kier molecular flexibility index (Phi) is 8.53. The lowest BCUT2D eigenvalue weighted by atomic mass is 10.00. The van der Waals surface area contributed by atoms with Crippen LogP contribution in [0.2, 0.25) is 0 Å². The van der Waals surface area contributed by atoms with Crippen LogP contribution in [0, 0.1) is 0 Å². The van der Waals surface area contributed by atoms with E-state index >= 15 is 0 Å². The van der Waals surface area contributed by atoms with Crippen LogP contribution in [-0.4, -0.2) is 40.1 Å². The van der Waals surface area contributed by atoms with Crippen molar-refractivity contribution < 1.29 is 9.59 Å². The van der Waals surface area contributed by atoms with E-state index in [1.807, 2.05) is 38.1 Å². The number of rotatable bonds is 10. The first-order valence-electron chi connectivity index (χ1n) is 9.69. The maximum absolute atomic E-state index is 12.4. The zero-order valence-corrected chi connectivity index (χ0v) is 19.3.